The van der Waals surface area contributed by atoms with Gasteiger partial charge in [0.1, 0.15) is 0 Å². The lowest BCUT2D eigenvalue weighted by Gasteiger charge is -2.30. The molecule has 20 heavy (non-hydrogen) atoms. The molecule has 0 aromatic heterocycles. The van der Waals surface area contributed by atoms with Crippen LogP contribution in [-0.4, -0.2) is 45.3 Å². The zero-order chi connectivity index (χ0) is 13.9. The maximum Gasteiger partial charge on any atom is 0.239 e. The number of halogens is 1. The molecule has 1 aromatic rings. The Balaban J connectivity index is 1.83. The highest BCUT2D eigenvalue weighted by atomic mass is 35.5. The molecule has 2 heterocycles. The fourth-order valence-electron chi connectivity index (χ4n) is 2.62. The Bertz CT molecular complexity index is 503. The van der Waals surface area contributed by atoms with Crippen LogP contribution in [0.1, 0.15) is 11.6 Å². The fourth-order valence-corrected chi connectivity index (χ4v) is 2.86. The van der Waals surface area contributed by atoms with E-state index in [2.05, 4.69) is 21.6 Å². The van der Waals surface area contributed by atoms with Gasteiger partial charge >= 0.3 is 0 Å². The first-order chi connectivity index (χ1) is 9.72. The van der Waals surface area contributed by atoms with Gasteiger partial charge < -0.3 is 20.3 Å². The lowest BCUT2D eigenvalue weighted by Crippen LogP contribution is -2.47. The van der Waals surface area contributed by atoms with Crippen molar-refractivity contribution in [2.75, 3.05) is 44.3 Å². The van der Waals surface area contributed by atoms with E-state index < -0.39 is 0 Å². The second-order valence-corrected chi connectivity index (χ2v) is 5.53. The van der Waals surface area contributed by atoms with Crippen LogP contribution in [0, 0.1) is 0 Å². The summed E-state index contributed by atoms with van der Waals surface area (Å²) in [7, 11) is 0. The second kappa shape index (κ2) is 5.99. The number of nitrogens with zero attached hydrogens (tertiary/aromatic N) is 1. The Morgan fingerprint density at radius 2 is 2.20 bits per heavy atom. The van der Waals surface area contributed by atoms with E-state index in [0.29, 0.717) is 24.7 Å². The molecule has 108 valence electrons. The quantitative estimate of drug-likeness (QED) is 0.852. The normalized spacial score (nSPS) is 23.6. The topological polar surface area (TPSA) is 53.6 Å². The van der Waals surface area contributed by atoms with Gasteiger partial charge in [-0.25, -0.2) is 0 Å². The fraction of sp³-hybridized carbons (Fsp3) is 0.500. The van der Waals surface area contributed by atoms with Gasteiger partial charge in [0.2, 0.25) is 5.91 Å². The number of piperazine rings is 1. The summed E-state index contributed by atoms with van der Waals surface area (Å²) in [4.78, 5) is 13.6. The second-order valence-electron chi connectivity index (χ2n) is 5.10. The van der Waals surface area contributed by atoms with Gasteiger partial charge in [-0.05, 0) is 23.8 Å². The van der Waals surface area contributed by atoms with Gasteiger partial charge in [-0.3, -0.25) is 4.79 Å². The Morgan fingerprint density at radius 3 is 2.95 bits per heavy atom. The van der Waals surface area contributed by atoms with Crippen LogP contribution >= 0.6 is 11.6 Å². The highest BCUT2D eigenvalue weighted by Gasteiger charge is 2.20. The maximum absolute atomic E-state index is 11.5. The molecule has 5 nitrogen and oxygen atoms in total. The first-order valence-electron chi connectivity index (χ1n) is 6.85. The number of carbonyl (C=O) groups is 1. The molecule has 1 aromatic carbocycles. The van der Waals surface area contributed by atoms with E-state index in [1.807, 2.05) is 12.1 Å². The molecular weight excluding hydrogens is 278 g/mol. The maximum atomic E-state index is 11.5. The Labute approximate surface area is 123 Å². The largest absolute Gasteiger partial charge is 0.378 e. The summed E-state index contributed by atoms with van der Waals surface area (Å²) >= 11 is 6.23. The highest BCUT2D eigenvalue weighted by Crippen LogP contribution is 2.27. The summed E-state index contributed by atoms with van der Waals surface area (Å²) in [6, 6.07) is 6.13. The summed E-state index contributed by atoms with van der Waals surface area (Å²) in [6.07, 6.45) is 0. The van der Waals surface area contributed by atoms with Gasteiger partial charge in [0.25, 0.3) is 0 Å². The van der Waals surface area contributed by atoms with E-state index in [4.69, 9.17) is 16.3 Å². The van der Waals surface area contributed by atoms with E-state index >= 15 is 0 Å². The van der Waals surface area contributed by atoms with Crippen molar-refractivity contribution in [1.29, 1.82) is 0 Å². The van der Waals surface area contributed by atoms with E-state index in [1.54, 1.807) is 0 Å². The lowest BCUT2D eigenvalue weighted by molar-refractivity contribution is -0.120. The molecule has 3 rings (SSSR count). The van der Waals surface area contributed by atoms with Gasteiger partial charge in [-0.2, -0.15) is 0 Å². The minimum absolute atomic E-state index is 0.0527. The number of carbonyl (C=O) groups excluding carboxylic acids is 1. The van der Waals surface area contributed by atoms with E-state index in [9.17, 15) is 4.79 Å². The summed E-state index contributed by atoms with van der Waals surface area (Å²) in [5, 5.41) is 6.94. The van der Waals surface area contributed by atoms with Crippen LogP contribution in [0.15, 0.2) is 18.2 Å². The lowest BCUT2D eigenvalue weighted by atomic mass is 10.1. The molecule has 0 bridgehead atoms. The zero-order valence-corrected chi connectivity index (χ0v) is 11.9. The number of amides is 1. The molecule has 2 fully saturated rings. The molecule has 1 atom stereocenters. The molecule has 0 radical (unpaired) electrons. The minimum atomic E-state index is 0.0527. The number of anilines is 1. The van der Waals surface area contributed by atoms with Crippen LogP contribution in [0.2, 0.25) is 5.02 Å². The van der Waals surface area contributed by atoms with Gasteiger partial charge in [0, 0.05) is 30.3 Å². The van der Waals surface area contributed by atoms with Crippen molar-refractivity contribution < 1.29 is 9.53 Å². The van der Waals surface area contributed by atoms with Crippen LogP contribution < -0.4 is 15.5 Å². The predicted molar refractivity (Wildman–Crippen MR) is 78.2 cm³/mol. The number of morpholine rings is 1. The van der Waals surface area contributed by atoms with Crippen LogP contribution in [0.5, 0.6) is 0 Å². The van der Waals surface area contributed by atoms with Gasteiger partial charge in [-0.1, -0.05) is 11.6 Å². The van der Waals surface area contributed by atoms with Crippen molar-refractivity contribution in [3.05, 3.63) is 28.8 Å². The number of nitrogens with one attached hydrogen (secondary N) is 2. The molecule has 0 spiro atoms. The number of rotatable bonds is 2. The van der Waals surface area contributed by atoms with Crippen LogP contribution in [0.3, 0.4) is 0 Å². The van der Waals surface area contributed by atoms with Crippen LogP contribution in [-0.2, 0) is 9.53 Å². The summed E-state index contributed by atoms with van der Waals surface area (Å²) in [5.74, 6) is 0.0527. The third kappa shape index (κ3) is 3.06. The van der Waals surface area contributed by atoms with Gasteiger partial charge in [0.15, 0.2) is 0 Å². The molecule has 2 aliphatic rings. The molecule has 2 aliphatic heterocycles. The third-order valence-corrected chi connectivity index (χ3v) is 3.85. The smallest absolute Gasteiger partial charge is 0.239 e. The molecule has 0 saturated carbocycles. The SMILES string of the molecule is O=C1CN(c2cc(Cl)cc([C@@H]3COCCN3)c2)CCN1. The van der Waals surface area contributed by atoms with Gasteiger partial charge in [0.05, 0.1) is 25.8 Å². The van der Waals surface area contributed by atoms with Crippen LogP contribution in [0.4, 0.5) is 5.69 Å². The molecule has 1 amide bonds. The predicted octanol–water partition coefficient (Wildman–Crippen LogP) is 0.937. The van der Waals surface area contributed by atoms with Gasteiger partial charge in [-0.15, -0.1) is 0 Å². The van der Waals surface area contributed by atoms with Crippen molar-refractivity contribution in [1.82, 2.24) is 10.6 Å². The summed E-state index contributed by atoms with van der Waals surface area (Å²) in [5.41, 5.74) is 2.10. The Kier molecular flexibility index (Phi) is 4.10. The monoisotopic (exact) mass is 295 g/mol. The van der Waals surface area contributed by atoms with E-state index in [1.165, 1.54) is 0 Å². The first-order valence-corrected chi connectivity index (χ1v) is 7.23. The third-order valence-electron chi connectivity index (χ3n) is 3.63. The number of ether oxygens (including phenoxy) is 1. The zero-order valence-electron chi connectivity index (χ0n) is 11.2. The van der Waals surface area contributed by atoms with Crippen molar-refractivity contribution >= 4 is 23.2 Å². The molecule has 6 heteroatoms. The molecule has 0 aliphatic carbocycles. The first kappa shape index (κ1) is 13.7. The Hall–Kier alpha value is -1.30. The van der Waals surface area contributed by atoms with Crippen molar-refractivity contribution in [2.24, 2.45) is 0 Å². The molecule has 2 saturated heterocycles. The average molecular weight is 296 g/mol. The average Bonchev–Trinajstić information content (AvgIpc) is 2.47. The highest BCUT2D eigenvalue weighted by molar-refractivity contribution is 6.31. The summed E-state index contributed by atoms with van der Waals surface area (Å²) in [6.45, 7) is 4.11. The van der Waals surface area contributed by atoms with Crippen molar-refractivity contribution in [3.63, 3.8) is 0 Å². The number of hydrogen-bond acceptors (Lipinski definition) is 4. The van der Waals surface area contributed by atoms with E-state index in [-0.39, 0.29) is 11.9 Å². The number of benzene rings is 1. The molecule has 0 unspecified atom stereocenters. The molecular formula is C14H18ClN3O2. The van der Waals surface area contributed by atoms with Crippen molar-refractivity contribution in [2.45, 2.75) is 6.04 Å². The molecule has 2 N–H and O–H groups in total. The minimum Gasteiger partial charge on any atom is -0.378 e. The number of hydrogen-bond donors (Lipinski definition) is 2. The standard InChI is InChI=1S/C14H18ClN3O2/c15-11-5-10(13-9-20-4-2-16-13)6-12(7-11)18-3-1-17-14(19)8-18/h5-7,13,16H,1-4,8-9H2,(H,17,19)/t13-/m0/s1. The van der Waals surface area contributed by atoms with E-state index in [0.717, 1.165) is 30.9 Å². The summed E-state index contributed by atoms with van der Waals surface area (Å²) < 4.78 is 5.50. The van der Waals surface area contributed by atoms with Crippen LogP contribution in [0.25, 0.3) is 0 Å². The Morgan fingerprint density at radius 1 is 1.30 bits per heavy atom. The van der Waals surface area contributed by atoms with Crippen molar-refractivity contribution in [3.8, 4) is 0 Å².